The van der Waals surface area contributed by atoms with Crippen molar-refractivity contribution in [2.24, 2.45) is 0 Å². The van der Waals surface area contributed by atoms with Gasteiger partial charge in [-0.05, 0) is 44.3 Å². The fraction of sp³-hybridized carbons (Fsp3) is 0.412. The van der Waals surface area contributed by atoms with Crippen LogP contribution < -0.4 is 19.5 Å². The molecule has 0 bridgehead atoms. The van der Waals surface area contributed by atoms with Gasteiger partial charge >= 0.3 is 0 Å². The zero-order chi connectivity index (χ0) is 15.4. The molecule has 1 aliphatic rings. The third kappa shape index (κ3) is 3.20. The SMILES string of the molecule is CCc1ccc([C@H](CCNC)Oc2cccc3c2OCO3)s1. The molecule has 22 heavy (non-hydrogen) atoms. The molecular formula is C17H21NO3S. The lowest BCUT2D eigenvalue weighted by atomic mass is 10.2. The van der Waals surface area contributed by atoms with E-state index in [2.05, 4.69) is 24.4 Å². The number of ether oxygens (including phenoxy) is 3. The van der Waals surface area contributed by atoms with Crippen molar-refractivity contribution in [2.45, 2.75) is 25.9 Å². The van der Waals surface area contributed by atoms with Crippen LogP contribution in [0.1, 0.15) is 29.2 Å². The molecule has 0 saturated heterocycles. The second-order valence-electron chi connectivity index (χ2n) is 5.15. The number of aryl methyl sites for hydroxylation is 1. The van der Waals surface area contributed by atoms with Crippen LogP contribution in [0.4, 0.5) is 0 Å². The van der Waals surface area contributed by atoms with E-state index in [0.717, 1.165) is 30.9 Å². The van der Waals surface area contributed by atoms with E-state index in [9.17, 15) is 0 Å². The highest BCUT2D eigenvalue weighted by molar-refractivity contribution is 7.12. The van der Waals surface area contributed by atoms with Crippen molar-refractivity contribution in [3.63, 3.8) is 0 Å². The molecule has 2 heterocycles. The van der Waals surface area contributed by atoms with Gasteiger partial charge in [0.25, 0.3) is 0 Å². The Morgan fingerprint density at radius 1 is 1.27 bits per heavy atom. The molecule has 0 amide bonds. The summed E-state index contributed by atoms with van der Waals surface area (Å²) in [7, 11) is 1.96. The Kier molecular flexibility index (Phi) is 4.85. The van der Waals surface area contributed by atoms with Crippen LogP contribution in [0.3, 0.4) is 0 Å². The minimum absolute atomic E-state index is 0.0217. The highest BCUT2D eigenvalue weighted by Crippen LogP contribution is 2.43. The second-order valence-corrected chi connectivity index (χ2v) is 6.35. The summed E-state index contributed by atoms with van der Waals surface area (Å²) in [6.45, 7) is 3.33. The Morgan fingerprint density at radius 3 is 2.95 bits per heavy atom. The number of para-hydroxylation sites is 1. The fourth-order valence-corrected chi connectivity index (χ4v) is 3.46. The van der Waals surface area contributed by atoms with E-state index in [0.29, 0.717) is 5.75 Å². The van der Waals surface area contributed by atoms with Crippen LogP contribution in [0.25, 0.3) is 0 Å². The number of nitrogens with one attached hydrogen (secondary N) is 1. The molecule has 4 nitrogen and oxygen atoms in total. The van der Waals surface area contributed by atoms with Crippen molar-refractivity contribution in [1.29, 1.82) is 0 Å². The molecule has 1 atom stereocenters. The van der Waals surface area contributed by atoms with Gasteiger partial charge < -0.3 is 19.5 Å². The zero-order valence-electron chi connectivity index (χ0n) is 12.9. The number of fused-ring (bicyclic) bond motifs is 1. The lowest BCUT2D eigenvalue weighted by molar-refractivity contribution is 0.159. The van der Waals surface area contributed by atoms with E-state index < -0.39 is 0 Å². The Morgan fingerprint density at radius 2 is 2.18 bits per heavy atom. The van der Waals surface area contributed by atoms with Gasteiger partial charge in [0.1, 0.15) is 6.10 Å². The molecule has 3 rings (SSSR count). The Hall–Kier alpha value is -1.72. The Bertz CT molecular complexity index is 626. The molecule has 2 aromatic rings. The number of rotatable bonds is 7. The van der Waals surface area contributed by atoms with E-state index in [1.165, 1.54) is 9.75 Å². The first kappa shape index (κ1) is 15.2. The number of hydrogen-bond acceptors (Lipinski definition) is 5. The standard InChI is InChI=1S/C17H21NO3S/c1-3-12-7-8-16(22-12)13(9-10-18-2)21-15-6-4-5-14-17(15)20-11-19-14/h4-8,13,18H,3,9-11H2,1-2H3/t13-/m0/s1. The highest BCUT2D eigenvalue weighted by atomic mass is 32.1. The van der Waals surface area contributed by atoms with Gasteiger partial charge in [0, 0.05) is 16.2 Å². The quantitative estimate of drug-likeness (QED) is 0.843. The van der Waals surface area contributed by atoms with Crippen molar-refractivity contribution in [2.75, 3.05) is 20.4 Å². The Balaban J connectivity index is 1.82. The van der Waals surface area contributed by atoms with Crippen molar-refractivity contribution < 1.29 is 14.2 Å². The maximum atomic E-state index is 6.27. The summed E-state index contributed by atoms with van der Waals surface area (Å²) in [4.78, 5) is 2.63. The molecule has 0 fully saturated rings. The smallest absolute Gasteiger partial charge is 0.231 e. The average Bonchev–Trinajstić information content (AvgIpc) is 3.20. The van der Waals surface area contributed by atoms with Gasteiger partial charge in [-0.1, -0.05) is 13.0 Å². The van der Waals surface area contributed by atoms with Gasteiger partial charge in [0.05, 0.1) is 0 Å². The van der Waals surface area contributed by atoms with Crippen LogP contribution >= 0.6 is 11.3 Å². The molecule has 1 aromatic heterocycles. The summed E-state index contributed by atoms with van der Waals surface area (Å²) in [6, 6.07) is 10.1. The molecule has 0 radical (unpaired) electrons. The summed E-state index contributed by atoms with van der Waals surface area (Å²) < 4.78 is 17.2. The van der Waals surface area contributed by atoms with Crippen LogP contribution in [0, 0.1) is 0 Å². The molecule has 0 spiro atoms. The summed E-state index contributed by atoms with van der Waals surface area (Å²) in [5, 5.41) is 3.20. The Labute approximate surface area is 135 Å². The monoisotopic (exact) mass is 319 g/mol. The van der Waals surface area contributed by atoms with Gasteiger partial charge in [-0.25, -0.2) is 0 Å². The van der Waals surface area contributed by atoms with E-state index in [1.807, 2.05) is 36.6 Å². The average molecular weight is 319 g/mol. The van der Waals surface area contributed by atoms with Crippen LogP contribution in [0.2, 0.25) is 0 Å². The van der Waals surface area contributed by atoms with Gasteiger partial charge in [0.2, 0.25) is 12.5 Å². The molecule has 0 aliphatic carbocycles. The first-order chi connectivity index (χ1) is 10.8. The lowest BCUT2D eigenvalue weighted by Gasteiger charge is -2.19. The molecule has 0 saturated carbocycles. The molecule has 0 unspecified atom stereocenters. The van der Waals surface area contributed by atoms with Crippen molar-refractivity contribution >= 4 is 11.3 Å². The minimum Gasteiger partial charge on any atom is -0.481 e. The van der Waals surface area contributed by atoms with E-state index >= 15 is 0 Å². The molecular weight excluding hydrogens is 298 g/mol. The van der Waals surface area contributed by atoms with E-state index in [4.69, 9.17) is 14.2 Å². The third-order valence-electron chi connectivity index (χ3n) is 3.63. The van der Waals surface area contributed by atoms with Crippen molar-refractivity contribution in [3.8, 4) is 17.2 Å². The highest BCUT2D eigenvalue weighted by Gasteiger charge is 2.22. The first-order valence-electron chi connectivity index (χ1n) is 7.60. The van der Waals surface area contributed by atoms with Crippen LogP contribution in [0.15, 0.2) is 30.3 Å². The summed E-state index contributed by atoms with van der Waals surface area (Å²) in [5.74, 6) is 2.22. The lowest BCUT2D eigenvalue weighted by Crippen LogP contribution is -2.15. The maximum Gasteiger partial charge on any atom is 0.231 e. The van der Waals surface area contributed by atoms with Gasteiger partial charge in [-0.15, -0.1) is 11.3 Å². The van der Waals surface area contributed by atoms with Crippen LogP contribution in [-0.2, 0) is 6.42 Å². The van der Waals surface area contributed by atoms with E-state index in [-0.39, 0.29) is 12.9 Å². The molecule has 1 aliphatic heterocycles. The predicted molar refractivity (Wildman–Crippen MR) is 88.2 cm³/mol. The van der Waals surface area contributed by atoms with E-state index in [1.54, 1.807) is 0 Å². The molecule has 1 aromatic carbocycles. The second kappa shape index (κ2) is 7.03. The summed E-state index contributed by atoms with van der Waals surface area (Å²) in [6.07, 6.45) is 1.99. The minimum atomic E-state index is 0.0217. The maximum absolute atomic E-state index is 6.27. The predicted octanol–water partition coefficient (Wildman–Crippen LogP) is 3.77. The summed E-state index contributed by atoms with van der Waals surface area (Å²) in [5.41, 5.74) is 0. The fourth-order valence-electron chi connectivity index (χ4n) is 2.44. The van der Waals surface area contributed by atoms with Crippen LogP contribution in [0.5, 0.6) is 17.2 Å². The van der Waals surface area contributed by atoms with Crippen molar-refractivity contribution in [3.05, 3.63) is 40.1 Å². The number of hydrogen-bond donors (Lipinski definition) is 1. The normalized spacial score (nSPS) is 14.1. The van der Waals surface area contributed by atoms with Gasteiger partial charge in [-0.3, -0.25) is 0 Å². The number of benzene rings is 1. The largest absolute Gasteiger partial charge is 0.481 e. The molecule has 1 N–H and O–H groups in total. The topological polar surface area (TPSA) is 39.7 Å². The number of thiophene rings is 1. The zero-order valence-corrected chi connectivity index (χ0v) is 13.7. The van der Waals surface area contributed by atoms with Gasteiger partial charge in [-0.2, -0.15) is 0 Å². The summed E-state index contributed by atoms with van der Waals surface area (Å²) >= 11 is 1.82. The van der Waals surface area contributed by atoms with Crippen LogP contribution in [-0.4, -0.2) is 20.4 Å². The van der Waals surface area contributed by atoms with Crippen molar-refractivity contribution in [1.82, 2.24) is 5.32 Å². The third-order valence-corrected chi connectivity index (χ3v) is 4.96. The molecule has 118 valence electrons. The first-order valence-corrected chi connectivity index (χ1v) is 8.42. The van der Waals surface area contributed by atoms with Gasteiger partial charge in [0.15, 0.2) is 11.5 Å². The molecule has 5 heteroatoms.